The fourth-order valence-electron chi connectivity index (χ4n) is 3.57. The van der Waals surface area contributed by atoms with Crippen LogP contribution in [-0.4, -0.2) is 27.2 Å². The van der Waals surface area contributed by atoms with E-state index in [1.807, 2.05) is 38.7 Å². The molecule has 3 heterocycles. The normalized spacial score (nSPS) is 13.6. The molecule has 2 aromatic rings. The molecule has 134 valence electrons. The number of hydrogen-bond donors (Lipinski definition) is 2. The van der Waals surface area contributed by atoms with Gasteiger partial charge in [-0.3, -0.25) is 14.5 Å². The van der Waals surface area contributed by atoms with Gasteiger partial charge in [-0.05, 0) is 62.4 Å². The number of carbonyl (C=O) groups is 1. The molecule has 6 nitrogen and oxygen atoms in total. The van der Waals surface area contributed by atoms with Crippen LogP contribution >= 0.6 is 0 Å². The Bertz CT molecular complexity index is 794. The standard InChI is InChI=1S/C19H27N5O/c1-12-18(17-7-8-20-9-15(17)10-21-12)11-22-19(25)6-5-16-13(2)23-24(4)14(16)3/h10,20H,5-9,11H2,1-4H3,(H,22,25). The van der Waals surface area contributed by atoms with Gasteiger partial charge in [0.05, 0.1) is 5.69 Å². The summed E-state index contributed by atoms with van der Waals surface area (Å²) in [6, 6.07) is 0. The average Bonchev–Trinajstić information content (AvgIpc) is 2.84. The van der Waals surface area contributed by atoms with Gasteiger partial charge in [-0.1, -0.05) is 0 Å². The average molecular weight is 341 g/mol. The Morgan fingerprint density at radius 1 is 1.28 bits per heavy atom. The second-order valence-corrected chi connectivity index (χ2v) is 6.80. The van der Waals surface area contributed by atoms with E-state index in [-0.39, 0.29) is 5.91 Å². The Morgan fingerprint density at radius 2 is 2.08 bits per heavy atom. The number of aryl methyl sites for hydroxylation is 3. The van der Waals surface area contributed by atoms with Crippen LogP contribution in [0.4, 0.5) is 0 Å². The van der Waals surface area contributed by atoms with Crippen LogP contribution < -0.4 is 10.6 Å². The Labute approximate surface area is 149 Å². The molecule has 2 N–H and O–H groups in total. The van der Waals surface area contributed by atoms with Crippen LogP contribution in [0.15, 0.2) is 6.20 Å². The number of nitrogens with zero attached hydrogens (tertiary/aromatic N) is 3. The third-order valence-corrected chi connectivity index (χ3v) is 5.19. The number of hydrogen-bond acceptors (Lipinski definition) is 4. The first-order valence-electron chi connectivity index (χ1n) is 8.90. The molecule has 0 saturated heterocycles. The quantitative estimate of drug-likeness (QED) is 0.867. The van der Waals surface area contributed by atoms with E-state index in [2.05, 4.69) is 20.7 Å². The Kier molecular flexibility index (Phi) is 5.18. The van der Waals surface area contributed by atoms with Gasteiger partial charge in [0.25, 0.3) is 0 Å². The topological polar surface area (TPSA) is 71.8 Å². The van der Waals surface area contributed by atoms with Gasteiger partial charge in [0.1, 0.15) is 0 Å². The first-order valence-corrected chi connectivity index (χ1v) is 8.90. The van der Waals surface area contributed by atoms with E-state index < -0.39 is 0 Å². The maximum atomic E-state index is 12.3. The lowest BCUT2D eigenvalue weighted by Gasteiger charge is -2.21. The summed E-state index contributed by atoms with van der Waals surface area (Å²) in [5.74, 6) is 0.0774. The zero-order valence-corrected chi connectivity index (χ0v) is 15.6. The van der Waals surface area contributed by atoms with Crippen LogP contribution in [0, 0.1) is 20.8 Å². The number of pyridine rings is 1. The van der Waals surface area contributed by atoms with Crippen LogP contribution in [0.1, 0.15) is 45.8 Å². The molecule has 0 saturated carbocycles. The summed E-state index contributed by atoms with van der Waals surface area (Å²) in [4.78, 5) is 16.8. The Morgan fingerprint density at radius 3 is 2.80 bits per heavy atom. The van der Waals surface area contributed by atoms with Crippen molar-refractivity contribution in [1.82, 2.24) is 25.4 Å². The van der Waals surface area contributed by atoms with Gasteiger partial charge >= 0.3 is 0 Å². The summed E-state index contributed by atoms with van der Waals surface area (Å²) < 4.78 is 1.88. The van der Waals surface area contributed by atoms with E-state index in [0.717, 1.165) is 43.0 Å². The van der Waals surface area contributed by atoms with E-state index in [1.54, 1.807) is 0 Å². The summed E-state index contributed by atoms with van der Waals surface area (Å²) in [5.41, 5.74) is 8.13. The highest BCUT2D eigenvalue weighted by atomic mass is 16.1. The second kappa shape index (κ2) is 7.35. The summed E-state index contributed by atoms with van der Waals surface area (Å²) in [6.45, 7) is 8.48. The first-order chi connectivity index (χ1) is 12.0. The molecule has 0 radical (unpaired) electrons. The lowest BCUT2D eigenvalue weighted by atomic mass is 9.96. The Hall–Kier alpha value is -2.21. The molecule has 2 aromatic heterocycles. The van der Waals surface area contributed by atoms with Crippen molar-refractivity contribution in [2.45, 2.75) is 53.1 Å². The SMILES string of the molecule is Cc1ncc2c(c1CNC(=O)CCc1c(C)nn(C)c1C)CCNC2. The minimum Gasteiger partial charge on any atom is -0.352 e. The minimum absolute atomic E-state index is 0.0774. The summed E-state index contributed by atoms with van der Waals surface area (Å²) in [5, 5.41) is 10.9. The van der Waals surface area contributed by atoms with Crippen LogP contribution in [0.2, 0.25) is 0 Å². The number of nitrogens with one attached hydrogen (secondary N) is 2. The predicted octanol–water partition coefficient (Wildman–Crippen LogP) is 1.64. The van der Waals surface area contributed by atoms with Crippen molar-refractivity contribution in [2.24, 2.45) is 7.05 Å². The maximum Gasteiger partial charge on any atom is 0.220 e. The van der Waals surface area contributed by atoms with E-state index >= 15 is 0 Å². The highest BCUT2D eigenvalue weighted by molar-refractivity contribution is 5.76. The molecule has 1 aliphatic heterocycles. The van der Waals surface area contributed by atoms with E-state index in [1.165, 1.54) is 22.3 Å². The van der Waals surface area contributed by atoms with Gasteiger partial charge in [0.15, 0.2) is 0 Å². The summed E-state index contributed by atoms with van der Waals surface area (Å²) >= 11 is 0. The molecule has 0 unspecified atom stereocenters. The van der Waals surface area contributed by atoms with Crippen molar-refractivity contribution in [2.75, 3.05) is 6.54 Å². The van der Waals surface area contributed by atoms with E-state index in [9.17, 15) is 4.79 Å². The van der Waals surface area contributed by atoms with Gasteiger partial charge in [-0.2, -0.15) is 5.10 Å². The van der Waals surface area contributed by atoms with Gasteiger partial charge in [-0.15, -0.1) is 0 Å². The lowest BCUT2D eigenvalue weighted by Crippen LogP contribution is -2.29. The van der Waals surface area contributed by atoms with Crippen molar-refractivity contribution in [3.05, 3.63) is 45.5 Å². The van der Waals surface area contributed by atoms with Gasteiger partial charge in [0.2, 0.25) is 5.91 Å². The zero-order valence-electron chi connectivity index (χ0n) is 15.6. The molecular weight excluding hydrogens is 314 g/mol. The highest BCUT2D eigenvalue weighted by Crippen LogP contribution is 2.20. The van der Waals surface area contributed by atoms with Gasteiger partial charge in [0, 0.05) is 44.1 Å². The smallest absolute Gasteiger partial charge is 0.220 e. The van der Waals surface area contributed by atoms with Crippen molar-refractivity contribution in [3.63, 3.8) is 0 Å². The van der Waals surface area contributed by atoms with Crippen molar-refractivity contribution < 1.29 is 4.79 Å². The number of aromatic nitrogens is 3. The number of amides is 1. The number of carbonyl (C=O) groups excluding carboxylic acids is 1. The lowest BCUT2D eigenvalue weighted by molar-refractivity contribution is -0.121. The maximum absolute atomic E-state index is 12.3. The highest BCUT2D eigenvalue weighted by Gasteiger charge is 2.17. The van der Waals surface area contributed by atoms with Gasteiger partial charge < -0.3 is 10.6 Å². The van der Waals surface area contributed by atoms with Crippen LogP contribution in [0.5, 0.6) is 0 Å². The molecule has 3 rings (SSSR count). The molecule has 1 amide bonds. The molecular formula is C19H27N5O. The summed E-state index contributed by atoms with van der Waals surface area (Å²) in [6.07, 6.45) is 4.16. The largest absolute Gasteiger partial charge is 0.352 e. The van der Waals surface area contributed by atoms with Crippen molar-refractivity contribution in [1.29, 1.82) is 0 Å². The fraction of sp³-hybridized carbons (Fsp3) is 0.526. The van der Waals surface area contributed by atoms with Crippen LogP contribution in [0.25, 0.3) is 0 Å². The molecule has 0 spiro atoms. The van der Waals surface area contributed by atoms with Crippen LogP contribution in [-0.2, 0) is 37.8 Å². The molecule has 25 heavy (non-hydrogen) atoms. The van der Waals surface area contributed by atoms with Gasteiger partial charge in [-0.25, -0.2) is 0 Å². The molecule has 0 fully saturated rings. The second-order valence-electron chi connectivity index (χ2n) is 6.80. The first kappa shape index (κ1) is 17.6. The number of fused-ring (bicyclic) bond motifs is 1. The Balaban J connectivity index is 1.61. The molecule has 6 heteroatoms. The summed E-state index contributed by atoms with van der Waals surface area (Å²) in [7, 11) is 1.94. The number of rotatable bonds is 5. The molecule has 0 aliphatic carbocycles. The third-order valence-electron chi connectivity index (χ3n) is 5.19. The molecule has 0 atom stereocenters. The monoisotopic (exact) mass is 341 g/mol. The molecule has 0 aromatic carbocycles. The molecule has 0 bridgehead atoms. The molecule has 1 aliphatic rings. The predicted molar refractivity (Wildman–Crippen MR) is 97.2 cm³/mol. The van der Waals surface area contributed by atoms with Crippen molar-refractivity contribution >= 4 is 5.91 Å². The zero-order chi connectivity index (χ0) is 18.0. The third kappa shape index (κ3) is 3.74. The van der Waals surface area contributed by atoms with Crippen LogP contribution in [0.3, 0.4) is 0 Å². The van der Waals surface area contributed by atoms with Crippen molar-refractivity contribution in [3.8, 4) is 0 Å². The fourth-order valence-corrected chi connectivity index (χ4v) is 3.57. The van der Waals surface area contributed by atoms with E-state index in [0.29, 0.717) is 13.0 Å². The minimum atomic E-state index is 0.0774. The van der Waals surface area contributed by atoms with E-state index in [4.69, 9.17) is 0 Å².